The molecule has 1 amide bonds. The van der Waals surface area contributed by atoms with E-state index in [-0.39, 0.29) is 18.6 Å². The van der Waals surface area contributed by atoms with Crippen molar-refractivity contribution in [3.63, 3.8) is 0 Å². The summed E-state index contributed by atoms with van der Waals surface area (Å²) in [5.41, 5.74) is 2.69. The van der Waals surface area contributed by atoms with E-state index in [1.54, 1.807) is 52.1 Å². The van der Waals surface area contributed by atoms with Gasteiger partial charge in [-0.05, 0) is 36.8 Å². The maximum absolute atomic E-state index is 12.9. The molecule has 0 N–H and O–H groups in total. The van der Waals surface area contributed by atoms with Crippen molar-refractivity contribution in [2.24, 2.45) is 0 Å². The molecule has 0 saturated carbocycles. The lowest BCUT2D eigenvalue weighted by molar-refractivity contribution is 0.0685. The van der Waals surface area contributed by atoms with Gasteiger partial charge in [0.2, 0.25) is 0 Å². The summed E-state index contributed by atoms with van der Waals surface area (Å²) in [7, 11) is 0. The van der Waals surface area contributed by atoms with Gasteiger partial charge in [0.25, 0.3) is 5.91 Å². The van der Waals surface area contributed by atoms with Crippen molar-refractivity contribution in [1.82, 2.24) is 14.7 Å². The van der Waals surface area contributed by atoms with Gasteiger partial charge in [-0.2, -0.15) is 10.4 Å². The second-order valence-electron chi connectivity index (χ2n) is 6.61. The lowest BCUT2D eigenvalue weighted by Crippen LogP contribution is -2.43. The van der Waals surface area contributed by atoms with Gasteiger partial charge in [0.15, 0.2) is 0 Å². The standard InChI is InChI=1S/C22H22N4O2/c1-4-7-17(5-2)14-25-13-16(3)26-21(22(25)27)11-19(24-26)15-28-20-9-6-8-18(10-20)12-23/h4-11,16H,1-2,13-15H2,3H3. The van der Waals surface area contributed by atoms with Crippen LogP contribution >= 0.6 is 0 Å². The first-order chi connectivity index (χ1) is 13.5. The predicted molar refractivity (Wildman–Crippen MR) is 107 cm³/mol. The summed E-state index contributed by atoms with van der Waals surface area (Å²) in [4.78, 5) is 14.7. The van der Waals surface area contributed by atoms with Crippen molar-refractivity contribution in [2.75, 3.05) is 13.1 Å². The van der Waals surface area contributed by atoms with E-state index in [4.69, 9.17) is 10.00 Å². The smallest absolute Gasteiger partial charge is 0.272 e. The lowest BCUT2D eigenvalue weighted by atomic mass is 10.1. The third kappa shape index (κ3) is 4.04. The highest BCUT2D eigenvalue weighted by molar-refractivity contribution is 5.93. The number of allylic oxidation sites excluding steroid dienone is 2. The number of ether oxygens (including phenoxy) is 1. The Kier molecular flexibility index (Phi) is 5.75. The highest BCUT2D eigenvalue weighted by Crippen LogP contribution is 2.23. The minimum atomic E-state index is -0.0693. The summed E-state index contributed by atoms with van der Waals surface area (Å²) in [5, 5.41) is 13.5. The number of nitriles is 1. The van der Waals surface area contributed by atoms with E-state index in [0.717, 1.165) is 5.57 Å². The quantitative estimate of drug-likeness (QED) is 0.694. The van der Waals surface area contributed by atoms with Crippen molar-refractivity contribution in [2.45, 2.75) is 19.6 Å². The normalized spacial score (nSPS) is 16.3. The number of carbonyl (C=O) groups is 1. The van der Waals surface area contributed by atoms with Crippen LogP contribution in [0.5, 0.6) is 5.75 Å². The molecule has 1 aliphatic rings. The molecule has 0 bridgehead atoms. The van der Waals surface area contributed by atoms with Crippen molar-refractivity contribution >= 4 is 5.91 Å². The molecule has 1 atom stereocenters. The number of aromatic nitrogens is 2. The van der Waals surface area contributed by atoms with E-state index in [9.17, 15) is 4.79 Å². The van der Waals surface area contributed by atoms with E-state index in [2.05, 4.69) is 24.3 Å². The van der Waals surface area contributed by atoms with E-state index in [0.29, 0.717) is 35.8 Å². The molecule has 2 aromatic rings. The van der Waals surface area contributed by atoms with Gasteiger partial charge in [0.1, 0.15) is 23.7 Å². The molecule has 3 rings (SSSR count). The number of fused-ring (bicyclic) bond motifs is 1. The van der Waals surface area contributed by atoms with Crippen LogP contribution in [0.1, 0.15) is 34.7 Å². The molecule has 1 aliphatic heterocycles. The summed E-state index contributed by atoms with van der Waals surface area (Å²) >= 11 is 0. The summed E-state index contributed by atoms with van der Waals surface area (Å²) in [5.74, 6) is 0.524. The topological polar surface area (TPSA) is 71.2 Å². The van der Waals surface area contributed by atoms with E-state index >= 15 is 0 Å². The van der Waals surface area contributed by atoms with Gasteiger partial charge in [-0.3, -0.25) is 9.48 Å². The maximum atomic E-state index is 12.9. The second kappa shape index (κ2) is 8.40. The van der Waals surface area contributed by atoms with Gasteiger partial charge in [0.05, 0.1) is 17.7 Å². The summed E-state index contributed by atoms with van der Waals surface area (Å²) < 4.78 is 7.50. The molecule has 1 aromatic heterocycles. The third-order valence-corrected chi connectivity index (χ3v) is 4.51. The van der Waals surface area contributed by atoms with Crippen LogP contribution in [0.4, 0.5) is 0 Å². The fraction of sp³-hybridized carbons (Fsp3) is 0.227. The largest absolute Gasteiger partial charge is 0.487 e. The number of hydrogen-bond donors (Lipinski definition) is 0. The highest BCUT2D eigenvalue weighted by Gasteiger charge is 2.30. The number of hydrogen-bond acceptors (Lipinski definition) is 4. The number of amides is 1. The van der Waals surface area contributed by atoms with Crippen molar-refractivity contribution in [1.29, 1.82) is 5.26 Å². The zero-order chi connectivity index (χ0) is 20.1. The van der Waals surface area contributed by atoms with Crippen LogP contribution in [0, 0.1) is 11.3 Å². The molecule has 1 unspecified atom stereocenters. The Bertz CT molecular complexity index is 981. The molecule has 1 aromatic carbocycles. The van der Waals surface area contributed by atoms with Crippen LogP contribution in [0.2, 0.25) is 0 Å². The Morgan fingerprint density at radius 2 is 2.25 bits per heavy atom. The van der Waals surface area contributed by atoms with E-state index in [1.807, 2.05) is 13.0 Å². The molecule has 0 aliphatic carbocycles. The van der Waals surface area contributed by atoms with Gasteiger partial charge < -0.3 is 9.64 Å². The molecule has 2 heterocycles. The van der Waals surface area contributed by atoms with E-state index < -0.39 is 0 Å². The first kappa shape index (κ1) is 19.2. The molecule has 0 fully saturated rings. The molecular formula is C22H22N4O2. The fourth-order valence-electron chi connectivity index (χ4n) is 3.16. The van der Waals surface area contributed by atoms with E-state index in [1.165, 1.54) is 0 Å². The zero-order valence-electron chi connectivity index (χ0n) is 15.8. The molecular weight excluding hydrogens is 352 g/mol. The van der Waals surface area contributed by atoms with Gasteiger partial charge in [-0.1, -0.05) is 37.5 Å². The molecule has 0 spiro atoms. The minimum absolute atomic E-state index is 0.0539. The maximum Gasteiger partial charge on any atom is 0.272 e. The van der Waals surface area contributed by atoms with Crippen LogP contribution in [0.3, 0.4) is 0 Å². The number of nitrogens with zero attached hydrogens (tertiary/aromatic N) is 4. The lowest BCUT2D eigenvalue weighted by Gasteiger charge is -2.32. The summed E-state index contributed by atoms with van der Waals surface area (Å²) in [6, 6.07) is 10.9. The summed E-state index contributed by atoms with van der Waals surface area (Å²) in [6.07, 6.45) is 5.28. The van der Waals surface area contributed by atoms with Gasteiger partial charge >= 0.3 is 0 Å². The van der Waals surface area contributed by atoms with Gasteiger partial charge in [-0.25, -0.2) is 0 Å². The number of carbonyl (C=O) groups excluding carboxylic acids is 1. The Morgan fingerprint density at radius 3 is 2.96 bits per heavy atom. The number of rotatable bonds is 7. The monoisotopic (exact) mass is 374 g/mol. The first-order valence-electron chi connectivity index (χ1n) is 9.00. The SMILES string of the molecule is C=CC=C(C=C)CN1CC(C)n2nc(COc3cccc(C#N)c3)cc2C1=O. The third-order valence-electron chi connectivity index (χ3n) is 4.51. The average Bonchev–Trinajstić information content (AvgIpc) is 3.15. The summed E-state index contributed by atoms with van der Waals surface area (Å²) in [6.45, 7) is 10.8. The molecule has 28 heavy (non-hydrogen) atoms. The van der Waals surface area contributed by atoms with Crippen LogP contribution in [-0.2, 0) is 6.61 Å². The van der Waals surface area contributed by atoms with Gasteiger partial charge in [0, 0.05) is 13.1 Å². The van der Waals surface area contributed by atoms with Crippen molar-refractivity contribution in [3.8, 4) is 11.8 Å². The van der Waals surface area contributed by atoms with Crippen molar-refractivity contribution < 1.29 is 9.53 Å². The molecule has 142 valence electrons. The predicted octanol–water partition coefficient (Wildman–Crippen LogP) is 3.65. The molecule has 6 nitrogen and oxygen atoms in total. The number of benzene rings is 1. The van der Waals surface area contributed by atoms with Gasteiger partial charge in [-0.15, -0.1) is 0 Å². The van der Waals surface area contributed by atoms with Crippen LogP contribution < -0.4 is 4.74 Å². The van der Waals surface area contributed by atoms with Crippen LogP contribution in [-0.4, -0.2) is 33.7 Å². The molecule has 0 radical (unpaired) electrons. The first-order valence-corrected chi connectivity index (χ1v) is 9.00. The Balaban J connectivity index is 1.75. The minimum Gasteiger partial charge on any atom is -0.487 e. The Hall–Kier alpha value is -3.59. The fourth-order valence-corrected chi connectivity index (χ4v) is 3.16. The Morgan fingerprint density at radius 1 is 1.43 bits per heavy atom. The zero-order valence-corrected chi connectivity index (χ0v) is 15.8. The Labute approximate surface area is 164 Å². The second-order valence-corrected chi connectivity index (χ2v) is 6.61. The molecule has 6 heteroatoms. The van der Waals surface area contributed by atoms with Crippen LogP contribution in [0.25, 0.3) is 0 Å². The van der Waals surface area contributed by atoms with Crippen molar-refractivity contribution in [3.05, 3.63) is 84.2 Å². The highest BCUT2D eigenvalue weighted by atomic mass is 16.5. The van der Waals surface area contributed by atoms with Crippen LogP contribution in [0.15, 0.2) is 67.3 Å². The molecule has 0 saturated heterocycles. The average molecular weight is 374 g/mol.